The van der Waals surface area contributed by atoms with Crippen molar-refractivity contribution < 1.29 is 28.6 Å². The van der Waals surface area contributed by atoms with Crippen molar-refractivity contribution >= 4 is 35.2 Å². The molecule has 0 aliphatic carbocycles. The minimum atomic E-state index is -0.510. The van der Waals surface area contributed by atoms with Crippen LogP contribution in [0.3, 0.4) is 0 Å². The first kappa shape index (κ1) is 22.0. The topological polar surface area (TPSA) is 90.9 Å². The number of carbonyl (C=O) groups is 3. The largest absolute Gasteiger partial charge is 0.497 e. The van der Waals surface area contributed by atoms with Crippen LogP contribution in [0.5, 0.6) is 11.5 Å². The Morgan fingerprint density at radius 3 is 2.55 bits per heavy atom. The average Bonchev–Trinajstić information content (AvgIpc) is 3.22. The Balaban J connectivity index is 1.76. The highest BCUT2D eigenvalue weighted by atomic mass is 32.1. The SMILES string of the molecule is CCOC(=O)c1sc(-c2ccccc2)cc1NC(=O)COc1ccc(OC)cc1C=O. The highest BCUT2D eigenvalue weighted by molar-refractivity contribution is 7.18. The number of thiophene rings is 1. The highest BCUT2D eigenvalue weighted by Crippen LogP contribution is 2.35. The lowest BCUT2D eigenvalue weighted by Gasteiger charge is -2.10. The number of hydrogen-bond acceptors (Lipinski definition) is 7. The minimum absolute atomic E-state index is 0.222. The Kier molecular flexibility index (Phi) is 7.40. The Labute approximate surface area is 183 Å². The lowest BCUT2D eigenvalue weighted by Crippen LogP contribution is -2.21. The molecule has 3 rings (SSSR count). The van der Waals surface area contributed by atoms with Gasteiger partial charge in [-0.3, -0.25) is 9.59 Å². The summed E-state index contributed by atoms with van der Waals surface area (Å²) in [6, 6.07) is 16.0. The molecule has 160 valence electrons. The van der Waals surface area contributed by atoms with Gasteiger partial charge in [-0.2, -0.15) is 0 Å². The maximum absolute atomic E-state index is 12.5. The molecule has 3 aromatic rings. The van der Waals surface area contributed by atoms with E-state index in [0.717, 1.165) is 10.4 Å². The molecule has 0 aliphatic heterocycles. The van der Waals surface area contributed by atoms with Crippen LogP contribution in [-0.4, -0.2) is 38.5 Å². The van der Waals surface area contributed by atoms with E-state index in [1.807, 2.05) is 30.3 Å². The fourth-order valence-electron chi connectivity index (χ4n) is 2.78. The first-order chi connectivity index (χ1) is 15.0. The van der Waals surface area contributed by atoms with E-state index in [4.69, 9.17) is 14.2 Å². The van der Waals surface area contributed by atoms with Crippen molar-refractivity contribution in [3.8, 4) is 21.9 Å². The molecule has 0 fully saturated rings. The van der Waals surface area contributed by atoms with E-state index in [2.05, 4.69) is 5.32 Å². The molecule has 31 heavy (non-hydrogen) atoms. The molecular weight excluding hydrogens is 418 g/mol. The molecule has 7 nitrogen and oxygen atoms in total. The van der Waals surface area contributed by atoms with Gasteiger partial charge in [-0.05, 0) is 36.8 Å². The molecule has 8 heteroatoms. The minimum Gasteiger partial charge on any atom is -0.497 e. The van der Waals surface area contributed by atoms with E-state index in [0.29, 0.717) is 22.6 Å². The number of amides is 1. The number of esters is 1. The zero-order valence-electron chi connectivity index (χ0n) is 17.0. The fraction of sp³-hybridized carbons (Fsp3) is 0.174. The maximum Gasteiger partial charge on any atom is 0.350 e. The van der Waals surface area contributed by atoms with E-state index >= 15 is 0 Å². The number of rotatable bonds is 9. The number of methoxy groups -OCH3 is 1. The predicted octanol–water partition coefficient (Wildman–Crippen LogP) is 4.43. The van der Waals surface area contributed by atoms with Crippen molar-refractivity contribution in [2.45, 2.75) is 6.92 Å². The number of benzene rings is 2. The lowest BCUT2D eigenvalue weighted by atomic mass is 10.2. The summed E-state index contributed by atoms with van der Waals surface area (Å²) in [7, 11) is 1.49. The van der Waals surface area contributed by atoms with Gasteiger partial charge in [-0.15, -0.1) is 11.3 Å². The zero-order valence-corrected chi connectivity index (χ0v) is 17.9. The molecule has 0 radical (unpaired) electrons. The molecule has 0 unspecified atom stereocenters. The molecular formula is C23H21NO6S. The van der Waals surface area contributed by atoms with E-state index in [-0.39, 0.29) is 24.5 Å². The molecule has 1 heterocycles. The van der Waals surface area contributed by atoms with Crippen LogP contribution < -0.4 is 14.8 Å². The Bertz CT molecular complexity index is 1080. The summed E-state index contributed by atoms with van der Waals surface area (Å²) >= 11 is 1.24. The third-order valence-electron chi connectivity index (χ3n) is 4.23. The summed E-state index contributed by atoms with van der Waals surface area (Å²) in [5.74, 6) is -0.225. The summed E-state index contributed by atoms with van der Waals surface area (Å²) < 4.78 is 15.7. The molecule has 0 bridgehead atoms. The predicted molar refractivity (Wildman–Crippen MR) is 118 cm³/mol. The summed E-state index contributed by atoms with van der Waals surface area (Å²) in [5.41, 5.74) is 1.53. The smallest absolute Gasteiger partial charge is 0.350 e. The van der Waals surface area contributed by atoms with E-state index in [1.165, 1.54) is 24.5 Å². The maximum atomic E-state index is 12.5. The van der Waals surface area contributed by atoms with Gasteiger partial charge in [-0.25, -0.2) is 4.79 Å². The van der Waals surface area contributed by atoms with Crippen LogP contribution in [0.1, 0.15) is 27.0 Å². The normalized spacial score (nSPS) is 10.3. The number of aldehydes is 1. The van der Waals surface area contributed by atoms with Gasteiger partial charge in [0.25, 0.3) is 5.91 Å². The van der Waals surface area contributed by atoms with Gasteiger partial charge < -0.3 is 19.5 Å². The Hall–Kier alpha value is -3.65. The van der Waals surface area contributed by atoms with Crippen LogP contribution in [-0.2, 0) is 9.53 Å². The summed E-state index contributed by atoms with van der Waals surface area (Å²) in [6.07, 6.45) is 0.625. The third-order valence-corrected chi connectivity index (χ3v) is 5.39. The van der Waals surface area contributed by atoms with Crippen molar-refractivity contribution in [1.29, 1.82) is 0 Å². The molecule has 1 amide bonds. The van der Waals surface area contributed by atoms with Gasteiger partial charge in [0.05, 0.1) is 25.0 Å². The molecule has 0 spiro atoms. The Morgan fingerprint density at radius 1 is 1.10 bits per heavy atom. The second-order valence-electron chi connectivity index (χ2n) is 6.30. The lowest BCUT2D eigenvalue weighted by molar-refractivity contribution is -0.118. The van der Waals surface area contributed by atoms with E-state index in [1.54, 1.807) is 25.1 Å². The number of nitrogens with one attached hydrogen (secondary N) is 1. The van der Waals surface area contributed by atoms with Crippen molar-refractivity contribution in [3.05, 3.63) is 65.0 Å². The average molecular weight is 439 g/mol. The van der Waals surface area contributed by atoms with Gasteiger partial charge in [0.1, 0.15) is 16.4 Å². The van der Waals surface area contributed by atoms with Gasteiger partial charge in [-0.1, -0.05) is 30.3 Å². The first-order valence-corrected chi connectivity index (χ1v) is 10.3. The molecule has 0 saturated carbocycles. The van der Waals surface area contributed by atoms with E-state index < -0.39 is 11.9 Å². The van der Waals surface area contributed by atoms with Crippen LogP contribution in [0.2, 0.25) is 0 Å². The second-order valence-corrected chi connectivity index (χ2v) is 7.35. The first-order valence-electron chi connectivity index (χ1n) is 9.48. The second kappa shape index (κ2) is 10.4. The van der Waals surface area contributed by atoms with Gasteiger partial charge in [0.15, 0.2) is 12.9 Å². The highest BCUT2D eigenvalue weighted by Gasteiger charge is 2.20. The molecule has 0 aliphatic rings. The van der Waals surface area contributed by atoms with Crippen LogP contribution in [0.25, 0.3) is 10.4 Å². The molecule has 1 N–H and O–H groups in total. The fourth-order valence-corrected chi connectivity index (χ4v) is 3.80. The van der Waals surface area contributed by atoms with Crippen molar-refractivity contribution in [2.75, 3.05) is 25.6 Å². The monoisotopic (exact) mass is 439 g/mol. The molecule has 0 atom stereocenters. The molecule has 0 saturated heterocycles. The molecule has 1 aromatic heterocycles. The van der Waals surface area contributed by atoms with E-state index in [9.17, 15) is 14.4 Å². The Morgan fingerprint density at radius 2 is 1.87 bits per heavy atom. The summed E-state index contributed by atoms with van der Waals surface area (Å²) in [6.45, 7) is 1.60. The summed E-state index contributed by atoms with van der Waals surface area (Å²) in [4.78, 5) is 37.2. The zero-order chi connectivity index (χ0) is 22.2. The van der Waals surface area contributed by atoms with Crippen molar-refractivity contribution in [1.82, 2.24) is 0 Å². The number of hydrogen-bond donors (Lipinski definition) is 1. The van der Waals surface area contributed by atoms with Gasteiger partial charge in [0, 0.05) is 4.88 Å². The number of anilines is 1. The number of ether oxygens (including phenoxy) is 3. The number of carbonyl (C=O) groups excluding carboxylic acids is 3. The van der Waals surface area contributed by atoms with Crippen LogP contribution >= 0.6 is 11.3 Å². The third kappa shape index (κ3) is 5.49. The molecule has 2 aromatic carbocycles. The van der Waals surface area contributed by atoms with Crippen LogP contribution in [0.15, 0.2) is 54.6 Å². The van der Waals surface area contributed by atoms with Crippen molar-refractivity contribution in [2.24, 2.45) is 0 Å². The van der Waals surface area contributed by atoms with Crippen LogP contribution in [0.4, 0.5) is 5.69 Å². The van der Waals surface area contributed by atoms with Gasteiger partial charge in [0.2, 0.25) is 0 Å². The van der Waals surface area contributed by atoms with Crippen LogP contribution in [0, 0.1) is 0 Å². The quantitative estimate of drug-likeness (QED) is 0.392. The summed E-state index contributed by atoms with van der Waals surface area (Å²) in [5, 5.41) is 2.70. The van der Waals surface area contributed by atoms with Crippen molar-refractivity contribution in [3.63, 3.8) is 0 Å². The standard InChI is InChI=1S/C23H21NO6S/c1-3-29-23(27)22-18(12-20(31-22)15-7-5-4-6-8-15)24-21(26)14-30-19-10-9-17(28-2)11-16(19)13-25/h4-13H,3,14H2,1-2H3,(H,24,26). The van der Waals surface area contributed by atoms with Gasteiger partial charge >= 0.3 is 5.97 Å².